The van der Waals surface area contributed by atoms with Crippen molar-refractivity contribution in [2.75, 3.05) is 13.1 Å². The van der Waals surface area contributed by atoms with Crippen LogP contribution in [-0.4, -0.2) is 36.1 Å². The normalized spacial score (nSPS) is 30.9. The van der Waals surface area contributed by atoms with E-state index in [1.807, 2.05) is 0 Å². The van der Waals surface area contributed by atoms with Gasteiger partial charge in [-0.15, -0.1) is 0 Å². The molecule has 1 N–H and O–H groups in total. The van der Waals surface area contributed by atoms with Crippen LogP contribution in [0.5, 0.6) is 0 Å². The highest BCUT2D eigenvalue weighted by Crippen LogP contribution is 2.30. The van der Waals surface area contributed by atoms with Crippen LogP contribution in [0.3, 0.4) is 0 Å². The van der Waals surface area contributed by atoms with E-state index in [0.717, 1.165) is 24.0 Å². The Morgan fingerprint density at radius 1 is 1.05 bits per heavy atom. The van der Waals surface area contributed by atoms with Gasteiger partial charge in [0, 0.05) is 31.2 Å². The monoisotopic (exact) mass is 266 g/mol. The average molecular weight is 266 g/mol. The molecule has 2 fully saturated rings. The van der Waals surface area contributed by atoms with Gasteiger partial charge >= 0.3 is 0 Å². The number of rotatable bonds is 5. The highest BCUT2D eigenvalue weighted by atomic mass is 15.3. The Labute approximate surface area is 120 Å². The fourth-order valence-corrected chi connectivity index (χ4v) is 4.28. The second kappa shape index (κ2) is 7.64. The van der Waals surface area contributed by atoms with E-state index < -0.39 is 0 Å². The molecule has 1 saturated heterocycles. The largest absolute Gasteiger partial charge is 0.311 e. The van der Waals surface area contributed by atoms with Gasteiger partial charge in [-0.2, -0.15) is 0 Å². The summed E-state index contributed by atoms with van der Waals surface area (Å²) in [4.78, 5) is 2.84. The van der Waals surface area contributed by atoms with Crippen LogP contribution in [0.2, 0.25) is 0 Å². The first-order chi connectivity index (χ1) is 9.30. The molecule has 19 heavy (non-hydrogen) atoms. The standard InChI is InChI=1S/C17H34N2/c1-4-15(5-2)19-13-17(18-12-16(19)6-3)14-10-8-7-9-11-14/h14-18H,4-13H2,1-3H3. The summed E-state index contributed by atoms with van der Waals surface area (Å²) in [6.07, 6.45) is 11.2. The SMILES string of the molecule is CCC(CC)N1CC(C2CCCCC2)NCC1CC. The van der Waals surface area contributed by atoms with E-state index >= 15 is 0 Å². The van der Waals surface area contributed by atoms with E-state index in [1.165, 1.54) is 64.5 Å². The lowest BCUT2D eigenvalue weighted by Gasteiger charge is -2.47. The molecule has 0 amide bonds. The van der Waals surface area contributed by atoms with Crippen LogP contribution in [0, 0.1) is 5.92 Å². The first kappa shape index (κ1) is 15.3. The van der Waals surface area contributed by atoms with Crippen LogP contribution in [0.15, 0.2) is 0 Å². The highest BCUT2D eigenvalue weighted by Gasteiger charge is 2.34. The summed E-state index contributed by atoms with van der Waals surface area (Å²) in [7, 11) is 0. The Bertz CT molecular complexity index is 236. The molecule has 0 bridgehead atoms. The van der Waals surface area contributed by atoms with Crippen molar-refractivity contribution < 1.29 is 0 Å². The fourth-order valence-electron chi connectivity index (χ4n) is 4.28. The van der Waals surface area contributed by atoms with Crippen LogP contribution < -0.4 is 5.32 Å². The first-order valence-corrected chi connectivity index (χ1v) is 8.79. The number of hydrogen-bond acceptors (Lipinski definition) is 2. The van der Waals surface area contributed by atoms with Crippen LogP contribution in [0.1, 0.15) is 72.1 Å². The Balaban J connectivity index is 1.97. The third kappa shape index (κ3) is 3.72. The molecular weight excluding hydrogens is 232 g/mol. The lowest BCUT2D eigenvalue weighted by atomic mass is 9.82. The molecule has 1 heterocycles. The molecule has 0 spiro atoms. The molecule has 1 aliphatic carbocycles. The maximum Gasteiger partial charge on any atom is 0.0224 e. The fraction of sp³-hybridized carbons (Fsp3) is 1.00. The van der Waals surface area contributed by atoms with Gasteiger partial charge in [0.25, 0.3) is 0 Å². The molecular formula is C17H34N2. The van der Waals surface area contributed by atoms with Gasteiger partial charge in [0.05, 0.1) is 0 Å². The lowest BCUT2D eigenvalue weighted by Crippen LogP contribution is -2.61. The zero-order valence-corrected chi connectivity index (χ0v) is 13.3. The van der Waals surface area contributed by atoms with E-state index in [9.17, 15) is 0 Å². The second-order valence-electron chi connectivity index (χ2n) is 6.64. The van der Waals surface area contributed by atoms with Gasteiger partial charge in [-0.25, -0.2) is 0 Å². The lowest BCUT2D eigenvalue weighted by molar-refractivity contribution is 0.0523. The van der Waals surface area contributed by atoms with Crippen molar-refractivity contribution >= 4 is 0 Å². The van der Waals surface area contributed by atoms with Gasteiger partial charge in [0.2, 0.25) is 0 Å². The van der Waals surface area contributed by atoms with Crippen molar-refractivity contribution in [3.8, 4) is 0 Å². The zero-order valence-electron chi connectivity index (χ0n) is 13.3. The molecule has 112 valence electrons. The summed E-state index contributed by atoms with van der Waals surface area (Å²) < 4.78 is 0. The smallest absolute Gasteiger partial charge is 0.0224 e. The van der Waals surface area contributed by atoms with Crippen LogP contribution in [0.4, 0.5) is 0 Å². The topological polar surface area (TPSA) is 15.3 Å². The summed E-state index contributed by atoms with van der Waals surface area (Å²) in [5.41, 5.74) is 0. The summed E-state index contributed by atoms with van der Waals surface area (Å²) in [5, 5.41) is 3.88. The Kier molecular flexibility index (Phi) is 6.15. The van der Waals surface area contributed by atoms with Crippen LogP contribution in [-0.2, 0) is 0 Å². The van der Waals surface area contributed by atoms with Crippen LogP contribution in [0.25, 0.3) is 0 Å². The summed E-state index contributed by atoms with van der Waals surface area (Å²) in [6.45, 7) is 9.59. The third-order valence-corrected chi connectivity index (χ3v) is 5.59. The zero-order chi connectivity index (χ0) is 13.7. The molecule has 0 radical (unpaired) electrons. The molecule has 1 saturated carbocycles. The van der Waals surface area contributed by atoms with Gasteiger partial charge in [0.15, 0.2) is 0 Å². The molecule has 2 unspecified atom stereocenters. The Hall–Kier alpha value is -0.0800. The van der Waals surface area contributed by atoms with Crippen molar-refractivity contribution in [3.63, 3.8) is 0 Å². The summed E-state index contributed by atoms with van der Waals surface area (Å²) >= 11 is 0. The molecule has 1 aliphatic heterocycles. The number of nitrogens with one attached hydrogen (secondary N) is 1. The van der Waals surface area contributed by atoms with Gasteiger partial charge < -0.3 is 5.32 Å². The predicted molar refractivity (Wildman–Crippen MR) is 83.5 cm³/mol. The molecule has 0 aromatic rings. The molecule has 2 aliphatic rings. The van der Waals surface area contributed by atoms with Gasteiger partial charge in [-0.05, 0) is 38.0 Å². The second-order valence-corrected chi connectivity index (χ2v) is 6.64. The highest BCUT2D eigenvalue weighted by molar-refractivity contribution is 4.92. The Morgan fingerprint density at radius 3 is 2.32 bits per heavy atom. The van der Waals surface area contributed by atoms with Gasteiger partial charge in [-0.3, -0.25) is 4.90 Å². The van der Waals surface area contributed by atoms with E-state index in [2.05, 4.69) is 31.0 Å². The van der Waals surface area contributed by atoms with E-state index in [1.54, 1.807) is 0 Å². The van der Waals surface area contributed by atoms with Gasteiger partial charge in [0.1, 0.15) is 0 Å². The average Bonchev–Trinajstić information content (AvgIpc) is 2.49. The minimum absolute atomic E-state index is 0.767. The van der Waals surface area contributed by atoms with E-state index in [0.29, 0.717) is 0 Å². The van der Waals surface area contributed by atoms with E-state index in [-0.39, 0.29) is 0 Å². The van der Waals surface area contributed by atoms with Crippen molar-refractivity contribution in [3.05, 3.63) is 0 Å². The van der Waals surface area contributed by atoms with Crippen molar-refractivity contribution in [1.82, 2.24) is 10.2 Å². The molecule has 0 aromatic heterocycles. The minimum Gasteiger partial charge on any atom is -0.311 e. The number of nitrogens with zero attached hydrogens (tertiary/aromatic N) is 1. The molecule has 2 atom stereocenters. The number of hydrogen-bond donors (Lipinski definition) is 1. The van der Waals surface area contributed by atoms with Crippen LogP contribution >= 0.6 is 0 Å². The van der Waals surface area contributed by atoms with Gasteiger partial charge in [-0.1, -0.05) is 40.0 Å². The Morgan fingerprint density at radius 2 is 1.74 bits per heavy atom. The minimum atomic E-state index is 0.767. The summed E-state index contributed by atoms with van der Waals surface area (Å²) in [5.74, 6) is 0.948. The quantitative estimate of drug-likeness (QED) is 0.814. The number of piperazine rings is 1. The molecule has 2 rings (SSSR count). The van der Waals surface area contributed by atoms with Crippen molar-refractivity contribution in [2.24, 2.45) is 5.92 Å². The third-order valence-electron chi connectivity index (χ3n) is 5.59. The maximum atomic E-state index is 3.88. The summed E-state index contributed by atoms with van der Waals surface area (Å²) in [6, 6.07) is 2.34. The molecule has 2 nitrogen and oxygen atoms in total. The van der Waals surface area contributed by atoms with E-state index in [4.69, 9.17) is 0 Å². The molecule has 2 heteroatoms. The maximum absolute atomic E-state index is 3.88. The van der Waals surface area contributed by atoms with Crippen molar-refractivity contribution in [1.29, 1.82) is 0 Å². The first-order valence-electron chi connectivity index (χ1n) is 8.79. The van der Waals surface area contributed by atoms with Crippen molar-refractivity contribution in [2.45, 2.75) is 90.3 Å². The molecule has 0 aromatic carbocycles. The predicted octanol–water partition coefficient (Wildman–Crippen LogP) is 3.81.